The van der Waals surface area contributed by atoms with E-state index in [2.05, 4.69) is 18.9 Å². The summed E-state index contributed by atoms with van der Waals surface area (Å²) in [6.07, 6.45) is 1.11. The monoisotopic (exact) mass is 210 g/mol. The van der Waals surface area contributed by atoms with Crippen LogP contribution in [0.3, 0.4) is 0 Å². The molecule has 0 aromatic rings. The molecular weight excluding hydrogens is 198 g/mol. The number of hydrogen-bond donors (Lipinski definition) is 0. The first-order chi connectivity index (χ1) is 5.72. The lowest BCUT2D eigenvalue weighted by Gasteiger charge is -2.25. The molecule has 0 spiro atoms. The Labute approximate surface area is 75.9 Å². The number of ether oxygens (including phenoxy) is 1. The van der Waals surface area contributed by atoms with Crippen LogP contribution >= 0.6 is 18.9 Å². The van der Waals surface area contributed by atoms with E-state index < -0.39 is 5.60 Å². The van der Waals surface area contributed by atoms with Crippen LogP contribution in [0.15, 0.2) is 0 Å². The summed E-state index contributed by atoms with van der Waals surface area (Å²) in [4.78, 5) is 10.9. The van der Waals surface area contributed by atoms with Gasteiger partial charge in [0.25, 0.3) is 0 Å². The average Bonchev–Trinajstić information content (AvgIpc) is 2.34. The molecule has 1 aliphatic rings. The molecule has 2 atom stereocenters. The lowest BCUT2D eigenvalue weighted by atomic mass is 10.0. The van der Waals surface area contributed by atoms with Crippen molar-refractivity contribution in [2.24, 2.45) is 0 Å². The Morgan fingerprint density at radius 3 is 2.33 bits per heavy atom. The Hall–Kier alpha value is 0.250. The molecule has 0 aliphatic carbocycles. The second kappa shape index (κ2) is 4.48. The van der Waals surface area contributed by atoms with Gasteiger partial charge in [0, 0.05) is 31.8 Å². The molecule has 1 heterocycles. The summed E-state index contributed by atoms with van der Waals surface area (Å²) in [6, 6.07) is 0. The largest absolute Gasteiger partial charge is 0.454 e. The number of carbonyl (C=O) groups is 1. The van der Waals surface area contributed by atoms with Gasteiger partial charge in [0.05, 0.1) is 13.2 Å². The summed E-state index contributed by atoms with van der Waals surface area (Å²) in [5, 5.41) is 0. The average molecular weight is 210 g/mol. The van der Waals surface area contributed by atoms with Gasteiger partial charge in [-0.15, -0.1) is 0 Å². The third kappa shape index (κ3) is 2.37. The number of hydrogen-bond acceptors (Lipinski definition) is 4. The Balaban J connectivity index is 2.54. The highest BCUT2D eigenvalue weighted by atomic mass is 31.0. The Kier molecular flexibility index (Phi) is 3.85. The molecule has 0 amide bonds. The quantitative estimate of drug-likeness (QED) is 0.505. The van der Waals surface area contributed by atoms with Crippen LogP contribution < -0.4 is 0 Å². The van der Waals surface area contributed by atoms with E-state index in [0.717, 1.165) is 0 Å². The van der Waals surface area contributed by atoms with Crippen LogP contribution in [-0.4, -0.2) is 24.8 Å². The van der Waals surface area contributed by atoms with Gasteiger partial charge in [0.2, 0.25) is 0 Å². The third-order valence-electron chi connectivity index (χ3n) is 1.81. The van der Waals surface area contributed by atoms with Crippen molar-refractivity contribution in [2.45, 2.75) is 18.4 Å². The summed E-state index contributed by atoms with van der Waals surface area (Å²) in [6.45, 7) is 0.718. The van der Waals surface area contributed by atoms with Crippen molar-refractivity contribution in [3.63, 3.8) is 0 Å². The number of esters is 1. The first kappa shape index (κ1) is 10.3. The molecule has 1 saturated heterocycles. The van der Waals surface area contributed by atoms with Crippen LogP contribution in [0.25, 0.3) is 0 Å². The maximum absolute atomic E-state index is 10.9. The van der Waals surface area contributed by atoms with Gasteiger partial charge in [-0.2, -0.15) is 0 Å². The third-order valence-corrected chi connectivity index (χ3v) is 2.14. The van der Waals surface area contributed by atoms with E-state index in [4.69, 9.17) is 13.8 Å². The molecule has 1 rings (SSSR count). The zero-order chi connectivity index (χ0) is 9.03. The van der Waals surface area contributed by atoms with Crippen LogP contribution in [0.4, 0.5) is 0 Å². The molecule has 2 unspecified atom stereocenters. The first-order valence-corrected chi connectivity index (χ1v) is 4.52. The van der Waals surface area contributed by atoms with E-state index in [-0.39, 0.29) is 5.97 Å². The van der Waals surface area contributed by atoms with E-state index in [1.807, 2.05) is 0 Å². The molecule has 0 bridgehead atoms. The molecule has 0 saturated carbocycles. The summed E-state index contributed by atoms with van der Waals surface area (Å²) in [5.74, 6) is -0.181. The fourth-order valence-corrected chi connectivity index (χ4v) is 1.83. The molecule has 0 radical (unpaired) electrons. The van der Waals surface area contributed by atoms with Gasteiger partial charge in [0.1, 0.15) is 0 Å². The highest BCUT2D eigenvalue weighted by Gasteiger charge is 2.40. The predicted octanol–water partition coefficient (Wildman–Crippen LogP) is 0.676. The minimum absolute atomic E-state index is 0.181. The van der Waals surface area contributed by atoms with Crippen molar-refractivity contribution < 1.29 is 18.6 Å². The zero-order valence-electron chi connectivity index (χ0n) is 6.62. The Morgan fingerprint density at radius 1 is 1.42 bits per heavy atom. The van der Waals surface area contributed by atoms with Gasteiger partial charge in [-0.1, -0.05) is 0 Å². The summed E-state index contributed by atoms with van der Waals surface area (Å²) in [5.41, 5.74) is -0.569. The van der Waals surface area contributed by atoms with Crippen molar-refractivity contribution in [2.75, 3.05) is 13.2 Å². The minimum atomic E-state index is -0.569. The molecule has 0 N–H and O–H groups in total. The van der Waals surface area contributed by atoms with Gasteiger partial charge < -0.3 is 13.8 Å². The van der Waals surface area contributed by atoms with Crippen molar-refractivity contribution in [1.82, 2.24) is 0 Å². The van der Waals surface area contributed by atoms with Crippen LogP contribution in [0.2, 0.25) is 0 Å². The molecule has 0 aromatic carbocycles. The topological polar surface area (TPSA) is 44.8 Å². The van der Waals surface area contributed by atoms with Crippen LogP contribution in [-0.2, 0) is 18.6 Å². The fourth-order valence-electron chi connectivity index (χ4n) is 1.22. The van der Waals surface area contributed by atoms with Gasteiger partial charge in [-0.05, 0) is 0 Å². The molecular formula is C6H12O4P2. The SMILES string of the molecule is O=C1CCC(COP)(COP)O1. The Morgan fingerprint density at radius 2 is 2.00 bits per heavy atom. The lowest BCUT2D eigenvalue weighted by Crippen LogP contribution is -2.37. The van der Waals surface area contributed by atoms with Crippen molar-refractivity contribution in [3.05, 3.63) is 0 Å². The highest BCUT2D eigenvalue weighted by Crippen LogP contribution is 2.28. The maximum Gasteiger partial charge on any atom is 0.306 e. The number of cyclic esters (lactones) is 1. The molecule has 6 heteroatoms. The smallest absolute Gasteiger partial charge is 0.306 e. The van der Waals surface area contributed by atoms with E-state index in [1.165, 1.54) is 0 Å². The summed E-state index contributed by atoms with van der Waals surface area (Å²) < 4.78 is 14.9. The maximum atomic E-state index is 10.9. The highest BCUT2D eigenvalue weighted by molar-refractivity contribution is 7.10. The zero-order valence-corrected chi connectivity index (χ0v) is 8.93. The molecule has 4 nitrogen and oxygen atoms in total. The molecule has 1 fully saturated rings. The van der Waals surface area contributed by atoms with Crippen molar-refractivity contribution in [3.8, 4) is 0 Å². The van der Waals surface area contributed by atoms with Crippen molar-refractivity contribution in [1.29, 1.82) is 0 Å². The Bertz CT molecular complexity index is 167. The second-order valence-corrected chi connectivity index (χ2v) is 3.45. The molecule has 70 valence electrons. The fraction of sp³-hybridized carbons (Fsp3) is 0.833. The molecule has 12 heavy (non-hydrogen) atoms. The van der Waals surface area contributed by atoms with Gasteiger partial charge in [-0.3, -0.25) is 4.79 Å². The van der Waals surface area contributed by atoms with Gasteiger partial charge in [-0.25, -0.2) is 0 Å². The summed E-state index contributed by atoms with van der Waals surface area (Å²) in [7, 11) is 4.27. The van der Waals surface area contributed by atoms with E-state index >= 15 is 0 Å². The second-order valence-electron chi connectivity index (χ2n) is 2.78. The number of carbonyl (C=O) groups excluding carboxylic acids is 1. The molecule has 0 aromatic heterocycles. The van der Waals surface area contributed by atoms with Crippen LogP contribution in [0.1, 0.15) is 12.8 Å². The summed E-state index contributed by atoms with van der Waals surface area (Å²) >= 11 is 0. The lowest BCUT2D eigenvalue weighted by molar-refractivity contribution is -0.153. The molecule has 1 aliphatic heterocycles. The van der Waals surface area contributed by atoms with Gasteiger partial charge >= 0.3 is 5.97 Å². The van der Waals surface area contributed by atoms with E-state index in [0.29, 0.717) is 26.1 Å². The van der Waals surface area contributed by atoms with Crippen LogP contribution in [0, 0.1) is 0 Å². The van der Waals surface area contributed by atoms with Crippen LogP contribution in [0.5, 0.6) is 0 Å². The van der Waals surface area contributed by atoms with E-state index in [9.17, 15) is 4.79 Å². The van der Waals surface area contributed by atoms with Crippen molar-refractivity contribution >= 4 is 24.9 Å². The number of rotatable bonds is 4. The first-order valence-electron chi connectivity index (χ1n) is 3.58. The minimum Gasteiger partial charge on any atom is -0.454 e. The van der Waals surface area contributed by atoms with Gasteiger partial charge in [0.15, 0.2) is 5.60 Å². The normalized spacial score (nSPS) is 21.0. The predicted molar refractivity (Wildman–Crippen MR) is 49.4 cm³/mol. The standard InChI is InChI=1S/C6H12O4P2/c7-5-1-2-6(10-5,3-8-11)4-9-12/h1-4,11-12H2. The van der Waals surface area contributed by atoms with E-state index in [1.54, 1.807) is 0 Å².